The van der Waals surface area contributed by atoms with Crippen molar-refractivity contribution in [3.63, 3.8) is 0 Å². The number of esters is 1. The van der Waals surface area contributed by atoms with Crippen LogP contribution in [0, 0.1) is 5.92 Å². The Bertz CT molecular complexity index is 398. The van der Waals surface area contributed by atoms with E-state index in [0.29, 0.717) is 5.92 Å². The van der Waals surface area contributed by atoms with Gasteiger partial charge in [0.1, 0.15) is 4.75 Å². The molecule has 2 unspecified atom stereocenters. The van der Waals surface area contributed by atoms with Crippen LogP contribution in [0.25, 0.3) is 0 Å². The first-order valence-electron chi connectivity index (χ1n) is 6.65. The lowest BCUT2D eigenvalue weighted by Gasteiger charge is -2.27. The van der Waals surface area contributed by atoms with Crippen LogP contribution in [0.4, 0.5) is 0 Å². The number of nitrogens with one attached hydrogen (secondary N) is 1. The summed E-state index contributed by atoms with van der Waals surface area (Å²) < 4.78 is 19.2. The van der Waals surface area contributed by atoms with Gasteiger partial charge in [0.15, 0.2) is 5.78 Å². The average Bonchev–Trinajstić information content (AvgIpc) is 3.18. The lowest BCUT2D eigenvalue weighted by molar-refractivity contribution is -0.137. The molecule has 0 heterocycles. The zero-order valence-corrected chi connectivity index (χ0v) is 13.3. The van der Waals surface area contributed by atoms with Crippen molar-refractivity contribution in [3.8, 4) is 0 Å². The third-order valence-electron chi connectivity index (χ3n) is 3.18. The molecule has 0 amide bonds. The van der Waals surface area contributed by atoms with Crippen LogP contribution in [0.15, 0.2) is 12.2 Å². The molecular formula is C14H23NO4S. The first kappa shape index (κ1) is 17.2. The number of hydrogen-bond donors (Lipinski definition) is 1. The van der Waals surface area contributed by atoms with Crippen molar-refractivity contribution in [3.05, 3.63) is 12.2 Å². The van der Waals surface area contributed by atoms with Crippen molar-refractivity contribution in [2.45, 2.75) is 50.8 Å². The number of ether oxygens (including phenoxy) is 1. The van der Waals surface area contributed by atoms with Gasteiger partial charge < -0.3 is 9.29 Å². The molecule has 1 aliphatic carbocycles. The van der Waals surface area contributed by atoms with Crippen molar-refractivity contribution in [2.75, 3.05) is 7.11 Å². The van der Waals surface area contributed by atoms with E-state index in [-0.39, 0.29) is 23.8 Å². The molecule has 0 aliphatic heterocycles. The Kier molecular flexibility index (Phi) is 5.79. The second kappa shape index (κ2) is 6.74. The summed E-state index contributed by atoms with van der Waals surface area (Å²) >= 11 is -1.24. The van der Waals surface area contributed by atoms with E-state index < -0.39 is 22.1 Å². The number of hydrogen-bond acceptors (Lipinski definition) is 5. The molecule has 0 aromatic heterocycles. The lowest BCUT2D eigenvalue weighted by atomic mass is 10.0. The zero-order valence-electron chi connectivity index (χ0n) is 12.5. The largest absolute Gasteiger partial charge is 0.598 e. The van der Waals surface area contributed by atoms with Crippen LogP contribution in [0.3, 0.4) is 0 Å². The summed E-state index contributed by atoms with van der Waals surface area (Å²) in [4.78, 5) is 23.3. The van der Waals surface area contributed by atoms with Gasteiger partial charge in [0.2, 0.25) is 0 Å². The van der Waals surface area contributed by atoms with Crippen molar-refractivity contribution in [1.29, 1.82) is 0 Å². The Labute approximate surface area is 123 Å². The van der Waals surface area contributed by atoms with Gasteiger partial charge in [-0.1, -0.05) is 6.58 Å². The van der Waals surface area contributed by atoms with Crippen LogP contribution in [0.5, 0.6) is 0 Å². The molecule has 0 spiro atoms. The van der Waals surface area contributed by atoms with E-state index in [1.807, 2.05) is 20.8 Å². The lowest BCUT2D eigenvalue weighted by Crippen LogP contribution is -2.46. The molecule has 0 aromatic rings. The fourth-order valence-corrected chi connectivity index (χ4v) is 2.58. The molecule has 6 heteroatoms. The maximum Gasteiger partial charge on any atom is 0.340 e. The molecule has 114 valence electrons. The Morgan fingerprint density at radius 2 is 2.00 bits per heavy atom. The maximum absolute atomic E-state index is 12.1. The SMILES string of the molecule is C=C(C(=O)CC(N[S+]([O-])C(C)(C)C)C1CC1)C(=O)OC. The molecule has 1 N–H and O–H groups in total. The molecule has 0 radical (unpaired) electrons. The van der Waals surface area contributed by atoms with Gasteiger partial charge in [-0.05, 0) is 39.5 Å². The second-order valence-corrected chi connectivity index (χ2v) is 8.04. The van der Waals surface area contributed by atoms with Gasteiger partial charge in [-0.2, -0.15) is 0 Å². The smallest absolute Gasteiger partial charge is 0.340 e. The van der Waals surface area contributed by atoms with Crippen LogP contribution in [0.2, 0.25) is 0 Å². The highest BCUT2D eigenvalue weighted by atomic mass is 32.2. The van der Waals surface area contributed by atoms with Gasteiger partial charge in [0, 0.05) is 17.8 Å². The number of rotatable bonds is 7. The Balaban J connectivity index is 2.62. The molecule has 1 fully saturated rings. The summed E-state index contributed by atoms with van der Waals surface area (Å²) in [7, 11) is 1.21. The number of Topliss-reactive ketones (excluding diaryl/α,β-unsaturated/α-hetero) is 1. The maximum atomic E-state index is 12.1. The van der Waals surface area contributed by atoms with Crippen molar-refractivity contribution in [1.82, 2.24) is 4.72 Å². The van der Waals surface area contributed by atoms with Gasteiger partial charge in [-0.25, -0.2) is 4.79 Å². The van der Waals surface area contributed by atoms with Crippen molar-refractivity contribution in [2.24, 2.45) is 5.92 Å². The number of carbonyl (C=O) groups excluding carboxylic acids is 2. The Morgan fingerprint density at radius 1 is 1.45 bits per heavy atom. The summed E-state index contributed by atoms with van der Waals surface area (Å²) in [6.07, 6.45) is 2.15. The zero-order chi connectivity index (χ0) is 15.5. The number of carbonyl (C=O) groups is 2. The highest BCUT2D eigenvalue weighted by molar-refractivity contribution is 7.90. The minimum Gasteiger partial charge on any atom is -0.598 e. The fourth-order valence-electron chi connectivity index (χ4n) is 1.68. The molecule has 0 aromatic carbocycles. The highest BCUT2D eigenvalue weighted by Crippen LogP contribution is 2.35. The molecule has 1 saturated carbocycles. The van der Waals surface area contributed by atoms with Crippen LogP contribution < -0.4 is 4.72 Å². The minimum atomic E-state index is -1.24. The molecule has 1 aliphatic rings. The summed E-state index contributed by atoms with van der Waals surface area (Å²) in [5, 5.41) is 0. The van der Waals surface area contributed by atoms with E-state index in [1.165, 1.54) is 7.11 Å². The van der Waals surface area contributed by atoms with Crippen LogP contribution in [-0.2, 0) is 25.7 Å². The van der Waals surface area contributed by atoms with E-state index in [4.69, 9.17) is 0 Å². The molecule has 1 rings (SSSR count). The molecule has 0 saturated heterocycles. The number of methoxy groups -OCH3 is 1. The van der Waals surface area contributed by atoms with Crippen LogP contribution >= 0.6 is 0 Å². The summed E-state index contributed by atoms with van der Waals surface area (Å²) in [6, 6.07) is -0.177. The first-order chi connectivity index (χ1) is 9.16. The predicted molar refractivity (Wildman–Crippen MR) is 78.3 cm³/mol. The summed E-state index contributed by atoms with van der Waals surface area (Å²) in [6.45, 7) is 9.07. The number of ketones is 1. The van der Waals surface area contributed by atoms with Gasteiger partial charge in [0.05, 0.1) is 18.7 Å². The van der Waals surface area contributed by atoms with Crippen LogP contribution in [0.1, 0.15) is 40.0 Å². The molecular weight excluding hydrogens is 278 g/mol. The Hall–Kier alpha value is -0.850. The predicted octanol–water partition coefficient (Wildman–Crippen LogP) is 1.51. The summed E-state index contributed by atoms with van der Waals surface area (Å²) in [5.41, 5.74) is -0.151. The second-order valence-electron chi connectivity index (χ2n) is 6.04. The average molecular weight is 301 g/mol. The monoisotopic (exact) mass is 301 g/mol. The third-order valence-corrected chi connectivity index (χ3v) is 4.81. The van der Waals surface area contributed by atoms with Gasteiger partial charge in [0.25, 0.3) is 0 Å². The topological polar surface area (TPSA) is 78.5 Å². The normalized spacial score (nSPS) is 18.2. The third kappa shape index (κ3) is 4.92. The quantitative estimate of drug-likeness (QED) is 0.253. The minimum absolute atomic E-state index is 0.125. The molecule has 5 nitrogen and oxygen atoms in total. The van der Waals surface area contributed by atoms with Gasteiger partial charge in [-0.3, -0.25) is 4.79 Å². The van der Waals surface area contributed by atoms with E-state index in [2.05, 4.69) is 16.0 Å². The van der Waals surface area contributed by atoms with Gasteiger partial charge >= 0.3 is 5.97 Å². The molecule has 0 bridgehead atoms. The van der Waals surface area contributed by atoms with E-state index >= 15 is 0 Å². The fraction of sp³-hybridized carbons (Fsp3) is 0.714. The van der Waals surface area contributed by atoms with E-state index in [1.54, 1.807) is 0 Å². The van der Waals surface area contributed by atoms with Gasteiger partial charge in [-0.15, -0.1) is 4.72 Å². The Morgan fingerprint density at radius 3 is 2.40 bits per heavy atom. The van der Waals surface area contributed by atoms with Crippen LogP contribution in [-0.4, -0.2) is 34.2 Å². The van der Waals surface area contributed by atoms with Crippen molar-refractivity contribution < 1.29 is 18.9 Å². The summed E-state index contributed by atoms with van der Waals surface area (Å²) in [5.74, 6) is -0.718. The van der Waals surface area contributed by atoms with E-state index in [0.717, 1.165) is 12.8 Å². The van der Waals surface area contributed by atoms with E-state index in [9.17, 15) is 14.1 Å². The van der Waals surface area contributed by atoms with Crippen molar-refractivity contribution >= 4 is 23.1 Å². The standard InChI is InChI=1S/C14H23NO4S/c1-9(13(17)19-5)12(16)8-11(10-6-7-10)15-20(18)14(2,3)4/h10-11,15H,1,6-8H2,2-5H3. The molecule has 20 heavy (non-hydrogen) atoms. The highest BCUT2D eigenvalue weighted by Gasteiger charge is 2.39. The first-order valence-corrected chi connectivity index (χ1v) is 7.80. The molecule has 2 atom stereocenters.